The lowest BCUT2D eigenvalue weighted by atomic mass is 10.1. The van der Waals surface area contributed by atoms with Gasteiger partial charge in [-0.25, -0.2) is 0 Å². The molecule has 3 rings (SSSR count). The molecule has 1 saturated heterocycles. The zero-order valence-corrected chi connectivity index (χ0v) is 11.9. The number of aryl methyl sites for hydroxylation is 2. The fourth-order valence-corrected chi connectivity index (χ4v) is 3.59. The average Bonchev–Trinajstić information content (AvgIpc) is 3.08. The molecular formula is C14H16N2O2S. The van der Waals surface area contributed by atoms with E-state index < -0.39 is 0 Å². The summed E-state index contributed by atoms with van der Waals surface area (Å²) in [6, 6.07) is 4.35. The van der Waals surface area contributed by atoms with E-state index in [2.05, 4.69) is 16.6 Å². The summed E-state index contributed by atoms with van der Waals surface area (Å²) >= 11 is 1.71. The first-order chi connectivity index (χ1) is 9.18. The Morgan fingerprint density at radius 1 is 1.53 bits per heavy atom. The molecule has 2 aromatic rings. The largest absolute Gasteiger partial charge is 0.361 e. The van der Waals surface area contributed by atoms with E-state index in [1.165, 1.54) is 4.88 Å². The molecule has 0 N–H and O–H groups in total. The van der Waals surface area contributed by atoms with E-state index in [0.29, 0.717) is 17.0 Å². The third-order valence-corrected chi connectivity index (χ3v) is 4.61. The van der Waals surface area contributed by atoms with Gasteiger partial charge in [0.1, 0.15) is 11.3 Å². The van der Waals surface area contributed by atoms with E-state index in [0.717, 1.165) is 19.4 Å². The first-order valence-corrected chi connectivity index (χ1v) is 7.33. The number of nitrogens with zero attached hydrogens (tertiary/aromatic N) is 2. The summed E-state index contributed by atoms with van der Waals surface area (Å²) in [6.07, 6.45) is 2.09. The third-order valence-electron chi connectivity index (χ3n) is 3.63. The smallest absolute Gasteiger partial charge is 0.259 e. The molecule has 0 radical (unpaired) electrons. The molecular weight excluding hydrogens is 260 g/mol. The van der Waals surface area contributed by atoms with Gasteiger partial charge in [0.25, 0.3) is 5.91 Å². The van der Waals surface area contributed by atoms with Crippen LogP contribution in [-0.2, 0) is 0 Å². The minimum absolute atomic E-state index is 0.0483. The maximum absolute atomic E-state index is 12.7. The Morgan fingerprint density at radius 2 is 2.37 bits per heavy atom. The number of hydrogen-bond donors (Lipinski definition) is 0. The zero-order chi connectivity index (χ0) is 13.4. The van der Waals surface area contributed by atoms with E-state index in [1.807, 2.05) is 17.9 Å². The molecule has 19 heavy (non-hydrogen) atoms. The number of rotatable bonds is 2. The van der Waals surface area contributed by atoms with Crippen molar-refractivity contribution < 1.29 is 9.32 Å². The summed E-state index contributed by atoms with van der Waals surface area (Å²) in [5.41, 5.74) is 1.31. The van der Waals surface area contributed by atoms with Crippen molar-refractivity contribution in [1.29, 1.82) is 0 Å². The van der Waals surface area contributed by atoms with Gasteiger partial charge in [-0.15, -0.1) is 11.3 Å². The van der Waals surface area contributed by atoms with Gasteiger partial charge in [-0.2, -0.15) is 0 Å². The highest BCUT2D eigenvalue weighted by molar-refractivity contribution is 7.10. The summed E-state index contributed by atoms with van der Waals surface area (Å²) in [5.74, 6) is 0.659. The van der Waals surface area contributed by atoms with Crippen LogP contribution < -0.4 is 0 Å². The average molecular weight is 276 g/mol. The van der Waals surface area contributed by atoms with Crippen molar-refractivity contribution in [1.82, 2.24) is 10.1 Å². The van der Waals surface area contributed by atoms with Gasteiger partial charge >= 0.3 is 0 Å². The highest BCUT2D eigenvalue weighted by Crippen LogP contribution is 2.36. The maximum Gasteiger partial charge on any atom is 0.259 e. The monoisotopic (exact) mass is 276 g/mol. The van der Waals surface area contributed by atoms with Crippen molar-refractivity contribution in [2.45, 2.75) is 32.7 Å². The molecule has 3 heterocycles. The highest BCUT2D eigenvalue weighted by atomic mass is 32.1. The number of hydrogen-bond acceptors (Lipinski definition) is 4. The van der Waals surface area contributed by atoms with Crippen molar-refractivity contribution in [3.05, 3.63) is 39.4 Å². The van der Waals surface area contributed by atoms with Crippen LogP contribution in [0.15, 0.2) is 22.0 Å². The summed E-state index contributed by atoms with van der Waals surface area (Å²) in [4.78, 5) is 15.9. The van der Waals surface area contributed by atoms with Crippen LogP contribution in [0.4, 0.5) is 0 Å². The Labute approximate surface area is 116 Å². The molecule has 0 spiro atoms. The van der Waals surface area contributed by atoms with E-state index in [9.17, 15) is 4.79 Å². The van der Waals surface area contributed by atoms with Crippen molar-refractivity contribution in [2.24, 2.45) is 0 Å². The number of likely N-dealkylation sites (tertiary alicyclic amines) is 1. The fraction of sp³-hybridized carbons (Fsp3) is 0.429. The van der Waals surface area contributed by atoms with Gasteiger partial charge in [0.2, 0.25) is 0 Å². The summed E-state index contributed by atoms with van der Waals surface area (Å²) < 4.78 is 5.11. The second kappa shape index (κ2) is 4.81. The van der Waals surface area contributed by atoms with Gasteiger partial charge in [-0.3, -0.25) is 4.79 Å². The molecule has 1 atom stereocenters. The molecule has 0 saturated carbocycles. The van der Waals surface area contributed by atoms with Crippen LogP contribution in [0.3, 0.4) is 0 Å². The molecule has 1 fully saturated rings. The van der Waals surface area contributed by atoms with E-state index in [4.69, 9.17) is 4.52 Å². The Hall–Kier alpha value is -1.62. The number of amides is 1. The summed E-state index contributed by atoms with van der Waals surface area (Å²) in [6.45, 7) is 4.43. The van der Waals surface area contributed by atoms with E-state index in [1.54, 1.807) is 18.3 Å². The van der Waals surface area contributed by atoms with Crippen molar-refractivity contribution in [3.8, 4) is 0 Å². The molecule has 2 aromatic heterocycles. The van der Waals surface area contributed by atoms with Crippen LogP contribution in [0.25, 0.3) is 0 Å². The van der Waals surface area contributed by atoms with Crippen molar-refractivity contribution in [2.75, 3.05) is 6.54 Å². The molecule has 1 aliphatic rings. The topological polar surface area (TPSA) is 46.3 Å². The maximum atomic E-state index is 12.7. The lowest BCUT2D eigenvalue weighted by Gasteiger charge is -2.23. The van der Waals surface area contributed by atoms with Gasteiger partial charge < -0.3 is 9.42 Å². The quantitative estimate of drug-likeness (QED) is 0.845. The Morgan fingerprint density at radius 3 is 3.00 bits per heavy atom. The van der Waals surface area contributed by atoms with E-state index >= 15 is 0 Å². The molecule has 0 aliphatic carbocycles. The molecule has 1 amide bonds. The highest BCUT2D eigenvalue weighted by Gasteiger charge is 2.33. The fourth-order valence-electron chi connectivity index (χ4n) is 2.72. The molecule has 1 aliphatic heterocycles. The minimum Gasteiger partial charge on any atom is -0.361 e. The third kappa shape index (κ3) is 2.08. The SMILES string of the molecule is Cc1noc(C)c1C(=O)N1CCC[C@H]1c1cccs1. The van der Waals surface area contributed by atoms with Gasteiger partial charge in [0.15, 0.2) is 0 Å². The normalized spacial score (nSPS) is 19.1. The second-order valence-electron chi connectivity index (χ2n) is 4.87. The Kier molecular flexibility index (Phi) is 3.14. The molecule has 5 heteroatoms. The minimum atomic E-state index is 0.0483. The molecule has 0 unspecified atom stereocenters. The van der Waals surface area contributed by atoms with Crippen LogP contribution in [0, 0.1) is 13.8 Å². The van der Waals surface area contributed by atoms with Crippen LogP contribution in [-0.4, -0.2) is 22.5 Å². The summed E-state index contributed by atoms with van der Waals surface area (Å²) in [5, 5.41) is 5.94. The first-order valence-electron chi connectivity index (χ1n) is 6.45. The van der Waals surface area contributed by atoms with Crippen LogP contribution in [0.1, 0.15) is 45.6 Å². The Balaban J connectivity index is 1.91. The second-order valence-corrected chi connectivity index (χ2v) is 5.85. The van der Waals surface area contributed by atoms with Gasteiger partial charge in [0, 0.05) is 11.4 Å². The predicted octanol–water partition coefficient (Wildman–Crippen LogP) is 3.33. The lowest BCUT2D eigenvalue weighted by molar-refractivity contribution is 0.0735. The first kappa shape index (κ1) is 12.4. The summed E-state index contributed by atoms with van der Waals surface area (Å²) in [7, 11) is 0. The lowest BCUT2D eigenvalue weighted by Crippen LogP contribution is -2.30. The van der Waals surface area contributed by atoms with E-state index in [-0.39, 0.29) is 11.9 Å². The number of carbonyl (C=O) groups excluding carboxylic acids is 1. The van der Waals surface area contributed by atoms with Crippen LogP contribution >= 0.6 is 11.3 Å². The van der Waals surface area contributed by atoms with Crippen LogP contribution in [0.5, 0.6) is 0 Å². The number of thiophene rings is 1. The number of aromatic nitrogens is 1. The van der Waals surface area contributed by atoms with Gasteiger partial charge in [-0.1, -0.05) is 11.2 Å². The standard InChI is InChI=1S/C14H16N2O2S/c1-9-13(10(2)18-15-9)14(17)16-7-3-5-11(16)12-6-4-8-19-12/h4,6,8,11H,3,5,7H2,1-2H3/t11-/m0/s1. The van der Waals surface area contributed by atoms with Crippen LogP contribution in [0.2, 0.25) is 0 Å². The van der Waals surface area contributed by atoms with Crippen molar-refractivity contribution >= 4 is 17.2 Å². The zero-order valence-electron chi connectivity index (χ0n) is 11.0. The van der Waals surface area contributed by atoms with Crippen molar-refractivity contribution in [3.63, 3.8) is 0 Å². The molecule has 0 bridgehead atoms. The van der Waals surface area contributed by atoms with Gasteiger partial charge in [-0.05, 0) is 38.1 Å². The molecule has 0 aromatic carbocycles. The molecule has 4 nitrogen and oxygen atoms in total. The number of carbonyl (C=O) groups is 1. The predicted molar refractivity (Wildman–Crippen MR) is 73.3 cm³/mol. The van der Waals surface area contributed by atoms with Gasteiger partial charge in [0.05, 0.1) is 11.7 Å². The molecule has 100 valence electrons. The Bertz CT molecular complexity index is 569.